The molecule has 0 radical (unpaired) electrons. The molecule has 4 nitrogen and oxygen atoms in total. The predicted molar refractivity (Wildman–Crippen MR) is 88.5 cm³/mol. The van der Waals surface area contributed by atoms with E-state index in [4.69, 9.17) is 11.6 Å². The monoisotopic (exact) mass is 335 g/mol. The maximum Gasteiger partial charge on any atom is 0.308 e. The van der Waals surface area contributed by atoms with Crippen LogP contribution in [0.3, 0.4) is 0 Å². The Morgan fingerprint density at radius 1 is 1.22 bits per heavy atom. The number of hydrogen-bond acceptors (Lipinski definition) is 2. The molecule has 1 amide bonds. The van der Waals surface area contributed by atoms with Crippen LogP contribution < -0.4 is 0 Å². The van der Waals surface area contributed by atoms with Gasteiger partial charge in [0.15, 0.2) is 0 Å². The van der Waals surface area contributed by atoms with Gasteiger partial charge in [0.05, 0.1) is 11.3 Å². The minimum absolute atomic E-state index is 0.0875. The first kappa shape index (κ1) is 16.3. The van der Waals surface area contributed by atoms with Crippen molar-refractivity contribution in [2.24, 2.45) is 5.92 Å². The van der Waals surface area contributed by atoms with Crippen molar-refractivity contribution in [3.05, 3.63) is 34.9 Å². The summed E-state index contributed by atoms with van der Waals surface area (Å²) < 4.78 is 0. The highest BCUT2D eigenvalue weighted by Crippen LogP contribution is 2.46. The molecule has 124 valence electrons. The van der Waals surface area contributed by atoms with Gasteiger partial charge in [0.2, 0.25) is 5.91 Å². The quantitative estimate of drug-likeness (QED) is 0.920. The number of benzene rings is 1. The van der Waals surface area contributed by atoms with E-state index in [2.05, 4.69) is 0 Å². The molecular formula is C18H22ClNO3. The Balaban J connectivity index is 1.88. The van der Waals surface area contributed by atoms with Crippen LogP contribution in [-0.4, -0.2) is 34.5 Å². The van der Waals surface area contributed by atoms with Gasteiger partial charge in [-0.3, -0.25) is 9.59 Å². The van der Waals surface area contributed by atoms with Crippen LogP contribution in [0.25, 0.3) is 0 Å². The number of carboxylic acid groups (broad SMARTS) is 1. The number of carboxylic acids is 1. The van der Waals surface area contributed by atoms with Crippen molar-refractivity contribution < 1.29 is 14.7 Å². The van der Waals surface area contributed by atoms with Gasteiger partial charge in [0.1, 0.15) is 0 Å². The van der Waals surface area contributed by atoms with E-state index in [0.717, 1.165) is 31.2 Å². The van der Waals surface area contributed by atoms with Gasteiger partial charge < -0.3 is 10.0 Å². The van der Waals surface area contributed by atoms with Gasteiger partial charge in [-0.15, -0.1) is 0 Å². The normalized spacial score (nSPS) is 26.4. The Kier molecular flexibility index (Phi) is 4.37. The molecule has 1 aliphatic carbocycles. The van der Waals surface area contributed by atoms with Gasteiger partial charge >= 0.3 is 5.97 Å². The van der Waals surface area contributed by atoms with Crippen LogP contribution in [0.5, 0.6) is 0 Å². The number of hydrogen-bond donors (Lipinski definition) is 1. The summed E-state index contributed by atoms with van der Waals surface area (Å²) in [5.41, 5.74) is 0.516. The van der Waals surface area contributed by atoms with Crippen LogP contribution in [0.15, 0.2) is 24.3 Å². The van der Waals surface area contributed by atoms with Gasteiger partial charge in [-0.2, -0.15) is 0 Å². The molecule has 2 aliphatic rings. The van der Waals surface area contributed by atoms with Crippen LogP contribution >= 0.6 is 11.6 Å². The highest BCUT2D eigenvalue weighted by atomic mass is 35.5. The summed E-state index contributed by atoms with van der Waals surface area (Å²) in [5.74, 6) is -1.18. The Bertz CT molecular complexity index is 609. The third kappa shape index (κ3) is 2.74. The lowest BCUT2D eigenvalue weighted by Crippen LogP contribution is -2.57. The lowest BCUT2D eigenvalue weighted by Gasteiger charge is -2.48. The summed E-state index contributed by atoms with van der Waals surface area (Å²) in [6, 6.07) is 7.26. The largest absolute Gasteiger partial charge is 0.481 e. The van der Waals surface area contributed by atoms with E-state index in [1.165, 1.54) is 0 Å². The third-order valence-electron chi connectivity index (χ3n) is 5.58. The molecule has 2 atom stereocenters. The van der Waals surface area contributed by atoms with Crippen molar-refractivity contribution in [1.29, 1.82) is 0 Å². The number of amides is 1. The van der Waals surface area contributed by atoms with E-state index in [9.17, 15) is 14.7 Å². The second kappa shape index (κ2) is 6.16. The molecule has 1 heterocycles. The first-order chi connectivity index (χ1) is 11.0. The van der Waals surface area contributed by atoms with Crippen molar-refractivity contribution in [3.8, 4) is 0 Å². The Labute approximate surface area is 141 Å². The van der Waals surface area contributed by atoms with Crippen LogP contribution in [0.1, 0.15) is 44.6 Å². The van der Waals surface area contributed by atoms with Crippen LogP contribution in [0.2, 0.25) is 5.02 Å². The first-order valence-corrected chi connectivity index (χ1v) is 8.63. The van der Waals surface area contributed by atoms with E-state index < -0.39 is 17.3 Å². The second-order valence-electron chi connectivity index (χ2n) is 6.77. The molecule has 5 heteroatoms. The number of likely N-dealkylation sites (tertiary alicyclic amines) is 1. The van der Waals surface area contributed by atoms with Crippen LogP contribution in [0.4, 0.5) is 0 Å². The Hall–Kier alpha value is -1.55. The average Bonchev–Trinajstić information content (AvgIpc) is 2.47. The number of carbonyl (C=O) groups excluding carboxylic acids is 1. The molecule has 0 aromatic heterocycles. The highest BCUT2D eigenvalue weighted by Gasteiger charge is 2.50. The molecular weight excluding hydrogens is 314 g/mol. The summed E-state index contributed by atoms with van der Waals surface area (Å²) in [5, 5.41) is 10.0. The molecule has 1 aromatic rings. The molecule has 0 unspecified atom stereocenters. The molecule has 1 aliphatic heterocycles. The smallest absolute Gasteiger partial charge is 0.308 e. The Morgan fingerprint density at radius 2 is 1.87 bits per heavy atom. The molecule has 1 saturated heterocycles. The van der Waals surface area contributed by atoms with Crippen molar-refractivity contribution in [1.82, 2.24) is 4.90 Å². The Morgan fingerprint density at radius 3 is 2.39 bits per heavy atom. The van der Waals surface area contributed by atoms with Crippen molar-refractivity contribution in [3.63, 3.8) is 0 Å². The highest BCUT2D eigenvalue weighted by molar-refractivity contribution is 6.30. The zero-order valence-corrected chi connectivity index (χ0v) is 14.1. The lowest BCUT2D eigenvalue weighted by molar-refractivity contribution is -0.153. The van der Waals surface area contributed by atoms with Crippen LogP contribution in [0, 0.1) is 5.92 Å². The van der Waals surface area contributed by atoms with Gasteiger partial charge in [0.25, 0.3) is 0 Å². The molecule has 0 spiro atoms. The molecule has 1 saturated carbocycles. The fourth-order valence-corrected chi connectivity index (χ4v) is 4.09. The summed E-state index contributed by atoms with van der Waals surface area (Å²) in [7, 11) is 0. The number of rotatable bonds is 3. The zero-order valence-electron chi connectivity index (χ0n) is 13.3. The number of halogens is 1. The molecule has 23 heavy (non-hydrogen) atoms. The predicted octanol–water partition coefficient (Wildman–Crippen LogP) is 3.47. The minimum Gasteiger partial charge on any atom is -0.481 e. The topological polar surface area (TPSA) is 57.6 Å². The number of piperidine rings is 1. The standard InChI is InChI=1S/C18H22ClNO3/c1-12-15(16(21)22)4-2-11-20(12)17(23)18(9-3-10-18)13-5-7-14(19)8-6-13/h5-8,12,15H,2-4,9-11H2,1H3,(H,21,22)/t12-,15-/m1/s1. The average molecular weight is 336 g/mol. The zero-order chi connectivity index (χ0) is 16.6. The summed E-state index contributed by atoms with van der Waals surface area (Å²) in [6.07, 6.45) is 4.08. The summed E-state index contributed by atoms with van der Waals surface area (Å²) in [6.45, 7) is 2.52. The van der Waals surface area contributed by atoms with E-state index >= 15 is 0 Å². The van der Waals surface area contributed by atoms with E-state index in [0.29, 0.717) is 18.0 Å². The lowest BCUT2D eigenvalue weighted by atomic mass is 9.63. The fraction of sp³-hybridized carbons (Fsp3) is 0.556. The maximum absolute atomic E-state index is 13.3. The number of nitrogens with zero attached hydrogens (tertiary/aromatic N) is 1. The molecule has 1 aromatic carbocycles. The second-order valence-corrected chi connectivity index (χ2v) is 7.21. The minimum atomic E-state index is -0.802. The maximum atomic E-state index is 13.3. The van der Waals surface area contributed by atoms with Crippen LogP contribution in [-0.2, 0) is 15.0 Å². The van der Waals surface area contributed by atoms with Crippen molar-refractivity contribution in [2.45, 2.75) is 50.5 Å². The first-order valence-electron chi connectivity index (χ1n) is 8.25. The summed E-state index contributed by atoms with van der Waals surface area (Å²) >= 11 is 5.97. The number of carbonyl (C=O) groups is 2. The van der Waals surface area contributed by atoms with Crippen molar-refractivity contribution >= 4 is 23.5 Å². The van der Waals surface area contributed by atoms with Gasteiger partial charge in [-0.05, 0) is 50.3 Å². The third-order valence-corrected chi connectivity index (χ3v) is 5.83. The fourth-order valence-electron chi connectivity index (χ4n) is 3.96. The van der Waals surface area contributed by atoms with E-state index in [-0.39, 0.29) is 11.9 Å². The number of aliphatic carboxylic acids is 1. The van der Waals surface area contributed by atoms with Gasteiger partial charge in [-0.25, -0.2) is 0 Å². The van der Waals surface area contributed by atoms with Gasteiger partial charge in [-0.1, -0.05) is 30.2 Å². The van der Waals surface area contributed by atoms with Gasteiger partial charge in [0, 0.05) is 17.6 Å². The summed E-state index contributed by atoms with van der Waals surface area (Å²) in [4.78, 5) is 26.5. The molecule has 0 bridgehead atoms. The van der Waals surface area contributed by atoms with Crippen molar-refractivity contribution in [2.75, 3.05) is 6.54 Å². The van der Waals surface area contributed by atoms with E-state index in [1.54, 1.807) is 4.90 Å². The molecule has 1 N–H and O–H groups in total. The molecule has 2 fully saturated rings. The molecule has 3 rings (SSSR count). The van der Waals surface area contributed by atoms with E-state index in [1.807, 2.05) is 31.2 Å². The SMILES string of the molecule is C[C@@H]1[C@H](C(=O)O)CCCN1C(=O)C1(c2ccc(Cl)cc2)CCC1.